The number of hydrogen-bond acceptors (Lipinski definition) is 1. The Bertz CT molecular complexity index is 725. The average Bonchev–Trinajstić information content (AvgIpc) is 2.49. The summed E-state index contributed by atoms with van der Waals surface area (Å²) in [6.07, 6.45) is 0. The van der Waals surface area contributed by atoms with E-state index in [1.54, 1.807) is 30.4 Å². The molecular weight excluding hydrogens is 345 g/mol. The Morgan fingerprint density at radius 3 is 2.70 bits per heavy atom. The summed E-state index contributed by atoms with van der Waals surface area (Å²) in [4.78, 5) is 12.0. The van der Waals surface area contributed by atoms with Crippen LogP contribution in [0.4, 0.5) is 14.5 Å². The van der Waals surface area contributed by atoms with Crippen molar-refractivity contribution >= 4 is 34.8 Å². The Morgan fingerprint density at radius 2 is 2.00 bits per heavy atom. The van der Waals surface area contributed by atoms with Crippen LogP contribution in [0.1, 0.15) is 18.5 Å². The van der Waals surface area contributed by atoms with E-state index >= 15 is 0 Å². The second kappa shape index (κ2) is 7.73. The van der Waals surface area contributed by atoms with Gasteiger partial charge in [-0.15, -0.1) is 0 Å². The SMILES string of the molecule is C[C@@H]([NH2+]CC(=O)Nc1cccc(Cl)c1Cl)c1ccc(F)cc1F. The zero-order chi connectivity index (χ0) is 17.0. The number of nitrogens with two attached hydrogens (primary N) is 1. The first-order valence-electron chi connectivity index (χ1n) is 6.90. The molecule has 7 heteroatoms. The van der Waals surface area contributed by atoms with Gasteiger partial charge in [-0.1, -0.05) is 29.3 Å². The van der Waals surface area contributed by atoms with E-state index in [0.29, 0.717) is 16.3 Å². The highest BCUT2D eigenvalue weighted by atomic mass is 35.5. The molecule has 0 aliphatic carbocycles. The van der Waals surface area contributed by atoms with Gasteiger partial charge in [-0.05, 0) is 31.2 Å². The first kappa shape index (κ1) is 17.7. The number of nitrogens with one attached hydrogen (secondary N) is 1. The molecule has 23 heavy (non-hydrogen) atoms. The van der Waals surface area contributed by atoms with Crippen molar-refractivity contribution < 1.29 is 18.9 Å². The lowest BCUT2D eigenvalue weighted by Crippen LogP contribution is -2.86. The third-order valence-electron chi connectivity index (χ3n) is 3.34. The van der Waals surface area contributed by atoms with E-state index in [0.717, 1.165) is 6.07 Å². The number of rotatable bonds is 5. The Balaban J connectivity index is 1.95. The molecular formula is C16H15Cl2F2N2O+. The van der Waals surface area contributed by atoms with Crippen LogP contribution in [-0.2, 0) is 4.79 Å². The minimum atomic E-state index is -0.633. The summed E-state index contributed by atoms with van der Waals surface area (Å²) in [6.45, 7) is 1.79. The lowest BCUT2D eigenvalue weighted by atomic mass is 10.1. The van der Waals surface area contributed by atoms with Crippen molar-refractivity contribution in [3.63, 3.8) is 0 Å². The van der Waals surface area contributed by atoms with Crippen LogP contribution in [0.15, 0.2) is 36.4 Å². The fourth-order valence-electron chi connectivity index (χ4n) is 2.08. The molecule has 1 amide bonds. The predicted molar refractivity (Wildman–Crippen MR) is 86.7 cm³/mol. The predicted octanol–water partition coefficient (Wildman–Crippen LogP) is 3.53. The molecule has 0 aromatic heterocycles. The third kappa shape index (κ3) is 4.64. The van der Waals surface area contributed by atoms with E-state index in [2.05, 4.69) is 5.32 Å². The van der Waals surface area contributed by atoms with Crippen molar-refractivity contribution in [2.45, 2.75) is 13.0 Å². The molecule has 0 radical (unpaired) electrons. The largest absolute Gasteiger partial charge is 0.332 e. The van der Waals surface area contributed by atoms with Gasteiger partial charge in [-0.3, -0.25) is 4.79 Å². The molecule has 0 saturated heterocycles. The Hall–Kier alpha value is -1.69. The molecule has 0 heterocycles. The number of anilines is 1. The van der Waals surface area contributed by atoms with Crippen LogP contribution >= 0.6 is 23.2 Å². The fourth-order valence-corrected chi connectivity index (χ4v) is 2.43. The molecule has 0 bridgehead atoms. The van der Waals surface area contributed by atoms with E-state index < -0.39 is 11.6 Å². The molecule has 2 rings (SSSR count). The molecule has 2 aromatic rings. The van der Waals surface area contributed by atoms with Crippen LogP contribution in [0, 0.1) is 11.6 Å². The van der Waals surface area contributed by atoms with Crippen LogP contribution in [-0.4, -0.2) is 12.5 Å². The average molecular weight is 360 g/mol. The summed E-state index contributed by atoms with van der Waals surface area (Å²) in [5, 5.41) is 4.89. The van der Waals surface area contributed by atoms with Gasteiger partial charge in [0.15, 0.2) is 6.54 Å². The molecule has 3 N–H and O–H groups in total. The minimum Gasteiger partial charge on any atom is -0.332 e. The maximum Gasteiger partial charge on any atom is 0.279 e. The van der Waals surface area contributed by atoms with Crippen LogP contribution < -0.4 is 10.6 Å². The molecule has 1 atom stereocenters. The van der Waals surface area contributed by atoms with Crippen molar-refractivity contribution in [1.82, 2.24) is 0 Å². The number of carbonyl (C=O) groups excluding carboxylic acids is 1. The number of benzene rings is 2. The Kier molecular flexibility index (Phi) is 5.93. The summed E-state index contributed by atoms with van der Waals surface area (Å²) in [5.41, 5.74) is 0.748. The molecule has 0 fully saturated rings. The lowest BCUT2D eigenvalue weighted by molar-refractivity contribution is -0.682. The molecule has 0 saturated carbocycles. The highest BCUT2D eigenvalue weighted by molar-refractivity contribution is 6.43. The summed E-state index contributed by atoms with van der Waals surface area (Å²) >= 11 is 11.9. The molecule has 0 unspecified atom stereocenters. The highest BCUT2D eigenvalue weighted by Gasteiger charge is 2.16. The molecule has 0 spiro atoms. The van der Waals surface area contributed by atoms with Gasteiger partial charge in [0.05, 0.1) is 15.7 Å². The van der Waals surface area contributed by atoms with Crippen molar-refractivity contribution in [2.75, 3.05) is 11.9 Å². The maximum absolute atomic E-state index is 13.7. The van der Waals surface area contributed by atoms with Gasteiger partial charge in [0.25, 0.3) is 5.91 Å². The number of amides is 1. The van der Waals surface area contributed by atoms with Crippen molar-refractivity contribution in [1.29, 1.82) is 0 Å². The van der Waals surface area contributed by atoms with Crippen LogP contribution in [0.3, 0.4) is 0 Å². The van der Waals surface area contributed by atoms with Gasteiger partial charge in [-0.25, -0.2) is 8.78 Å². The van der Waals surface area contributed by atoms with Gasteiger partial charge < -0.3 is 10.6 Å². The molecule has 0 aliphatic heterocycles. The van der Waals surface area contributed by atoms with E-state index in [-0.39, 0.29) is 23.5 Å². The highest BCUT2D eigenvalue weighted by Crippen LogP contribution is 2.29. The van der Waals surface area contributed by atoms with Crippen molar-refractivity contribution in [2.24, 2.45) is 0 Å². The normalized spacial score (nSPS) is 12.0. The minimum absolute atomic E-state index is 0.0564. The first-order chi connectivity index (χ1) is 10.9. The van der Waals surface area contributed by atoms with Crippen molar-refractivity contribution in [3.8, 4) is 0 Å². The number of quaternary nitrogens is 1. The summed E-state index contributed by atoms with van der Waals surface area (Å²) < 4.78 is 26.6. The van der Waals surface area contributed by atoms with Crippen molar-refractivity contribution in [3.05, 3.63) is 63.6 Å². The lowest BCUT2D eigenvalue weighted by Gasteiger charge is -2.12. The van der Waals surface area contributed by atoms with Crippen LogP contribution in [0.25, 0.3) is 0 Å². The van der Waals surface area contributed by atoms with Gasteiger partial charge in [0.1, 0.15) is 17.7 Å². The van der Waals surface area contributed by atoms with Crippen LogP contribution in [0.5, 0.6) is 0 Å². The van der Waals surface area contributed by atoms with Gasteiger partial charge in [-0.2, -0.15) is 0 Å². The molecule has 122 valence electrons. The number of hydrogen-bond donors (Lipinski definition) is 2. The smallest absolute Gasteiger partial charge is 0.279 e. The number of carbonyl (C=O) groups is 1. The standard InChI is InChI=1S/C16H14Cl2F2N2O/c1-9(11-6-5-10(19)7-13(11)20)21-8-15(23)22-14-4-2-3-12(17)16(14)18/h2-7,9,21H,8H2,1H3,(H,22,23)/p+1/t9-/m1/s1. The van der Waals surface area contributed by atoms with E-state index in [1.165, 1.54) is 12.1 Å². The van der Waals surface area contributed by atoms with Gasteiger partial charge in [0.2, 0.25) is 0 Å². The summed E-state index contributed by atoms with van der Waals surface area (Å²) in [6, 6.07) is 7.97. The topological polar surface area (TPSA) is 45.7 Å². The fraction of sp³-hybridized carbons (Fsp3) is 0.188. The Labute approximate surface area is 142 Å². The third-order valence-corrected chi connectivity index (χ3v) is 4.15. The zero-order valence-corrected chi connectivity index (χ0v) is 13.8. The molecule has 0 aliphatic rings. The van der Waals surface area contributed by atoms with E-state index in [9.17, 15) is 13.6 Å². The summed E-state index contributed by atoms with van der Waals surface area (Å²) in [7, 11) is 0. The number of halogens is 4. The van der Waals surface area contributed by atoms with E-state index in [4.69, 9.17) is 23.2 Å². The molecule has 3 nitrogen and oxygen atoms in total. The van der Waals surface area contributed by atoms with Gasteiger partial charge >= 0.3 is 0 Å². The second-order valence-electron chi connectivity index (χ2n) is 5.04. The monoisotopic (exact) mass is 359 g/mol. The zero-order valence-electron chi connectivity index (χ0n) is 12.2. The maximum atomic E-state index is 13.7. The first-order valence-corrected chi connectivity index (χ1v) is 7.66. The quantitative estimate of drug-likeness (QED) is 0.842. The molecule has 2 aromatic carbocycles. The van der Waals surface area contributed by atoms with E-state index in [1.807, 2.05) is 0 Å². The van der Waals surface area contributed by atoms with Gasteiger partial charge in [0, 0.05) is 11.6 Å². The summed E-state index contributed by atoms with van der Waals surface area (Å²) in [5.74, 6) is -1.57. The Morgan fingerprint density at radius 1 is 1.26 bits per heavy atom. The second-order valence-corrected chi connectivity index (χ2v) is 5.83. The van der Waals surface area contributed by atoms with Crippen LogP contribution in [0.2, 0.25) is 10.0 Å².